The Balaban J connectivity index is 3.01. The monoisotopic (exact) mass is 233 g/mol. The van der Waals surface area contributed by atoms with E-state index in [1.807, 2.05) is 0 Å². The van der Waals surface area contributed by atoms with Crippen LogP contribution in [0.2, 0.25) is 0 Å². The number of hydrogen-bond donors (Lipinski definition) is 1. The summed E-state index contributed by atoms with van der Waals surface area (Å²) in [6.45, 7) is 1.61. The molecule has 0 saturated heterocycles. The predicted molar refractivity (Wildman–Crippen MR) is 51.1 cm³/mol. The molecule has 0 unspecified atom stereocenters. The summed E-state index contributed by atoms with van der Waals surface area (Å²) in [5.74, 6) is 2.43. The van der Waals surface area contributed by atoms with Crippen LogP contribution in [0.15, 0.2) is 0 Å². The van der Waals surface area contributed by atoms with Crippen LogP contribution in [0.3, 0.4) is 0 Å². The molecule has 0 aliphatic rings. The van der Waals surface area contributed by atoms with Crippen molar-refractivity contribution in [2.24, 2.45) is 0 Å². The van der Waals surface area contributed by atoms with Gasteiger partial charge in [-0.15, -0.1) is 12.3 Å². The number of alkyl halides is 1. The minimum atomic E-state index is -0.0319. The van der Waals surface area contributed by atoms with Crippen LogP contribution in [-0.2, 0) is 9.53 Å². The molecule has 0 bridgehead atoms. The molecule has 12 heavy (non-hydrogen) atoms. The molecule has 0 rings (SSSR count). The lowest BCUT2D eigenvalue weighted by Gasteiger charge is -2.02. The largest absolute Gasteiger partial charge is 0.379 e. The van der Waals surface area contributed by atoms with Gasteiger partial charge in [-0.05, 0) is 0 Å². The Kier molecular flexibility index (Phi) is 8.19. The van der Waals surface area contributed by atoms with E-state index in [2.05, 4.69) is 27.2 Å². The topological polar surface area (TPSA) is 38.3 Å². The molecular formula is C8H12BrNO2. The zero-order chi connectivity index (χ0) is 9.23. The molecule has 0 atom stereocenters. The van der Waals surface area contributed by atoms with E-state index in [4.69, 9.17) is 11.2 Å². The molecule has 3 nitrogen and oxygen atoms in total. The maximum Gasteiger partial charge on any atom is 0.230 e. The lowest BCUT2D eigenvalue weighted by Crippen LogP contribution is -2.28. The van der Waals surface area contributed by atoms with Crippen LogP contribution < -0.4 is 5.32 Å². The summed E-state index contributed by atoms with van der Waals surface area (Å²) in [5.41, 5.74) is 0. The molecule has 4 heteroatoms. The summed E-state index contributed by atoms with van der Waals surface area (Å²) in [4.78, 5) is 10.7. The van der Waals surface area contributed by atoms with Crippen LogP contribution in [0.1, 0.15) is 6.42 Å². The summed E-state index contributed by atoms with van der Waals surface area (Å²) in [7, 11) is 0. The third kappa shape index (κ3) is 7.58. The van der Waals surface area contributed by atoms with Crippen molar-refractivity contribution in [2.75, 3.05) is 25.1 Å². The Morgan fingerprint density at radius 3 is 2.92 bits per heavy atom. The fourth-order valence-electron chi connectivity index (χ4n) is 0.543. The maximum absolute atomic E-state index is 10.7. The van der Waals surface area contributed by atoms with E-state index in [0.717, 1.165) is 0 Å². The van der Waals surface area contributed by atoms with Crippen molar-refractivity contribution < 1.29 is 9.53 Å². The number of carbonyl (C=O) groups is 1. The highest BCUT2D eigenvalue weighted by atomic mass is 79.9. The van der Waals surface area contributed by atoms with Crippen LogP contribution in [0.25, 0.3) is 0 Å². The van der Waals surface area contributed by atoms with Gasteiger partial charge >= 0.3 is 0 Å². The molecule has 1 N–H and O–H groups in total. The van der Waals surface area contributed by atoms with Gasteiger partial charge in [-0.25, -0.2) is 0 Å². The Labute approximate surface area is 81.0 Å². The lowest BCUT2D eigenvalue weighted by atomic mass is 10.5. The van der Waals surface area contributed by atoms with Gasteiger partial charge in [-0.3, -0.25) is 4.79 Å². The first-order valence-corrected chi connectivity index (χ1v) is 4.77. The fourth-order valence-corrected chi connectivity index (χ4v) is 0.741. The quantitative estimate of drug-likeness (QED) is 0.413. The average molecular weight is 234 g/mol. The molecular weight excluding hydrogens is 222 g/mol. The van der Waals surface area contributed by atoms with Crippen molar-refractivity contribution in [3.63, 3.8) is 0 Å². The molecule has 0 aliphatic heterocycles. The van der Waals surface area contributed by atoms with E-state index in [1.165, 1.54) is 0 Å². The third-order valence-electron chi connectivity index (χ3n) is 1.08. The molecule has 0 aromatic heterocycles. The summed E-state index contributed by atoms with van der Waals surface area (Å²) in [6, 6.07) is 0. The van der Waals surface area contributed by atoms with Gasteiger partial charge in [-0.1, -0.05) is 15.9 Å². The maximum atomic E-state index is 10.7. The van der Waals surface area contributed by atoms with Crippen molar-refractivity contribution in [1.82, 2.24) is 5.32 Å². The first-order valence-electron chi connectivity index (χ1n) is 3.65. The molecule has 0 heterocycles. The zero-order valence-electron chi connectivity index (χ0n) is 6.81. The number of ether oxygens (including phenoxy) is 1. The molecule has 0 saturated carbocycles. The number of hydrogen-bond acceptors (Lipinski definition) is 2. The highest BCUT2D eigenvalue weighted by Gasteiger charge is 1.94. The second-order valence-electron chi connectivity index (χ2n) is 2.05. The fraction of sp³-hybridized carbons (Fsp3) is 0.625. The van der Waals surface area contributed by atoms with Gasteiger partial charge in [0.05, 0.1) is 18.5 Å². The molecule has 0 spiro atoms. The number of nitrogens with one attached hydrogen (secondary N) is 1. The van der Waals surface area contributed by atoms with E-state index in [9.17, 15) is 4.79 Å². The van der Waals surface area contributed by atoms with Crippen LogP contribution in [0, 0.1) is 12.3 Å². The molecule has 68 valence electrons. The van der Waals surface area contributed by atoms with E-state index < -0.39 is 0 Å². The Hall–Kier alpha value is -0.530. The number of amides is 1. The molecule has 0 fully saturated rings. The number of terminal acetylenes is 1. The van der Waals surface area contributed by atoms with Gasteiger partial charge in [0.15, 0.2) is 0 Å². The van der Waals surface area contributed by atoms with E-state index in [-0.39, 0.29) is 5.91 Å². The van der Waals surface area contributed by atoms with Gasteiger partial charge < -0.3 is 10.1 Å². The van der Waals surface area contributed by atoms with Gasteiger partial charge in [-0.2, -0.15) is 0 Å². The number of halogens is 1. The second-order valence-corrected chi connectivity index (χ2v) is 2.61. The molecule has 0 aromatic rings. The molecule has 0 aromatic carbocycles. The zero-order valence-corrected chi connectivity index (χ0v) is 8.39. The summed E-state index contributed by atoms with van der Waals surface area (Å²) in [6.07, 6.45) is 5.62. The Morgan fingerprint density at radius 1 is 1.58 bits per heavy atom. The number of carbonyl (C=O) groups excluding carboxylic acids is 1. The van der Waals surface area contributed by atoms with Gasteiger partial charge in [0.25, 0.3) is 0 Å². The average Bonchev–Trinajstić information content (AvgIpc) is 2.10. The highest BCUT2D eigenvalue weighted by Crippen LogP contribution is 1.80. The van der Waals surface area contributed by atoms with E-state index >= 15 is 0 Å². The normalized spacial score (nSPS) is 9.00. The smallest absolute Gasteiger partial charge is 0.230 e. The van der Waals surface area contributed by atoms with Crippen LogP contribution in [0.4, 0.5) is 0 Å². The lowest BCUT2D eigenvalue weighted by molar-refractivity contribution is -0.118. The van der Waals surface area contributed by atoms with Crippen LogP contribution in [-0.4, -0.2) is 31.0 Å². The van der Waals surface area contributed by atoms with E-state index in [0.29, 0.717) is 31.5 Å². The Bertz CT molecular complexity index is 165. The second kappa shape index (κ2) is 8.57. The first-order chi connectivity index (χ1) is 5.81. The van der Waals surface area contributed by atoms with Crippen molar-refractivity contribution in [3.05, 3.63) is 0 Å². The predicted octanol–water partition coefficient (Wildman–Crippen LogP) is 0.537. The standard InChI is InChI=1S/C8H12BrNO2/c1-2-3-5-12-6-4-10-8(11)7-9/h1H,3-7H2,(H,10,11). The van der Waals surface area contributed by atoms with Crippen molar-refractivity contribution in [3.8, 4) is 12.3 Å². The van der Waals surface area contributed by atoms with Gasteiger partial charge in [0.1, 0.15) is 0 Å². The number of rotatable bonds is 6. The molecule has 0 radical (unpaired) electrons. The third-order valence-corrected chi connectivity index (χ3v) is 1.59. The summed E-state index contributed by atoms with van der Waals surface area (Å²) >= 11 is 3.03. The Morgan fingerprint density at radius 2 is 2.33 bits per heavy atom. The summed E-state index contributed by atoms with van der Waals surface area (Å²) in [5, 5.41) is 2.98. The summed E-state index contributed by atoms with van der Waals surface area (Å²) < 4.78 is 5.10. The van der Waals surface area contributed by atoms with Crippen LogP contribution in [0.5, 0.6) is 0 Å². The van der Waals surface area contributed by atoms with Gasteiger partial charge in [0, 0.05) is 13.0 Å². The van der Waals surface area contributed by atoms with E-state index in [1.54, 1.807) is 0 Å². The minimum Gasteiger partial charge on any atom is -0.379 e. The first kappa shape index (κ1) is 11.5. The molecule has 0 aliphatic carbocycles. The minimum absolute atomic E-state index is 0.0319. The van der Waals surface area contributed by atoms with Crippen molar-refractivity contribution >= 4 is 21.8 Å². The molecule has 1 amide bonds. The van der Waals surface area contributed by atoms with Crippen LogP contribution >= 0.6 is 15.9 Å². The van der Waals surface area contributed by atoms with Crippen molar-refractivity contribution in [2.45, 2.75) is 6.42 Å². The van der Waals surface area contributed by atoms with Crippen molar-refractivity contribution in [1.29, 1.82) is 0 Å². The SMILES string of the molecule is C#CCCOCCNC(=O)CBr. The highest BCUT2D eigenvalue weighted by molar-refractivity contribution is 9.09. The van der Waals surface area contributed by atoms with Gasteiger partial charge in [0.2, 0.25) is 5.91 Å².